The van der Waals surface area contributed by atoms with E-state index in [0.717, 1.165) is 98.5 Å². The number of carbonyl (C=O) groups is 4. The minimum atomic E-state index is -0.912. The highest BCUT2D eigenvalue weighted by Crippen LogP contribution is 2.51. The number of allylic oxidation sites excluding steroid dienone is 1. The van der Waals surface area contributed by atoms with Gasteiger partial charge in [-0.3, -0.25) is 19.1 Å². The molecule has 4 atom stereocenters. The molecule has 4 amide bonds. The molecule has 1 aromatic carbocycles. The molecule has 11 nitrogen and oxygen atoms in total. The van der Waals surface area contributed by atoms with E-state index in [2.05, 4.69) is 41.3 Å². The minimum absolute atomic E-state index is 0.0176. The first kappa shape index (κ1) is 37.5. The van der Waals surface area contributed by atoms with Crippen molar-refractivity contribution in [2.24, 2.45) is 5.92 Å². The lowest BCUT2D eigenvalue weighted by Crippen LogP contribution is -2.55. The number of amides is 4. The third-order valence-electron chi connectivity index (χ3n) is 11.7. The summed E-state index contributed by atoms with van der Waals surface area (Å²) in [5.41, 5.74) is 1.72. The fourth-order valence-corrected chi connectivity index (χ4v) is 8.30. The molecule has 2 aromatic rings. The molecule has 3 N–H and O–H groups in total. The van der Waals surface area contributed by atoms with Gasteiger partial charge < -0.3 is 25.0 Å². The smallest absolute Gasteiger partial charge is 0.408 e. The predicted octanol–water partition coefficient (Wildman–Crippen LogP) is 6.63. The number of rotatable bonds is 15. The highest BCUT2D eigenvalue weighted by molar-refractivity contribution is 7.99. The van der Waals surface area contributed by atoms with Crippen molar-refractivity contribution < 1.29 is 28.7 Å². The number of unbranched alkanes of at least 4 members (excludes halogenated alkanes) is 3. The Hall–Kier alpha value is -3.80. The van der Waals surface area contributed by atoms with Crippen molar-refractivity contribution >= 4 is 46.7 Å². The molecule has 3 aliphatic carbocycles. The molecule has 0 bridgehead atoms. The molecule has 3 saturated carbocycles. The molecule has 286 valence electrons. The second-order valence-electron chi connectivity index (χ2n) is 16.6. The number of likely N-dealkylation sites (tertiary alicyclic amines) is 1. The lowest BCUT2D eigenvalue weighted by atomic mass is 9.86. The number of aromatic nitrogens is 1. The first-order valence-corrected chi connectivity index (χ1v) is 20.5. The summed E-state index contributed by atoms with van der Waals surface area (Å²) in [5, 5.41) is 6.75. The molecule has 7 rings (SSSR count). The number of carbonyl (C=O) groups excluding carboxylic acids is 4. The van der Waals surface area contributed by atoms with Gasteiger partial charge in [-0.2, -0.15) is 0 Å². The monoisotopic (exact) mass is 745 g/mol. The molecule has 3 unspecified atom stereocenters. The largest absolute Gasteiger partial charge is 0.483 e. The summed E-state index contributed by atoms with van der Waals surface area (Å²) < 4.78 is 15.5. The Labute approximate surface area is 317 Å². The zero-order chi connectivity index (χ0) is 37.4. The normalized spacial score (nSPS) is 24.6. The molecule has 53 heavy (non-hydrogen) atoms. The number of ether oxygens (including phenoxy) is 2. The van der Waals surface area contributed by atoms with E-state index in [1.54, 1.807) is 0 Å². The average Bonchev–Trinajstić information content (AvgIpc) is 4.09. The van der Waals surface area contributed by atoms with Crippen molar-refractivity contribution in [1.29, 1.82) is 0 Å². The summed E-state index contributed by atoms with van der Waals surface area (Å²) in [6.45, 7) is 7.95. The maximum atomic E-state index is 14.5. The van der Waals surface area contributed by atoms with Crippen molar-refractivity contribution in [3.8, 4) is 5.75 Å². The van der Waals surface area contributed by atoms with Gasteiger partial charge in [0.15, 0.2) is 0 Å². The number of nitrogens with zero attached hydrogens (tertiary/aromatic N) is 2. The third kappa shape index (κ3) is 8.79. The zero-order valence-corrected chi connectivity index (χ0v) is 32.4. The summed E-state index contributed by atoms with van der Waals surface area (Å²) in [5.74, 6) is -0.250. The lowest BCUT2D eigenvalue weighted by molar-refractivity contribution is -0.139. The molecule has 1 aromatic heterocycles. The molecular formula is C41H55N5O6S. The second kappa shape index (κ2) is 15.1. The Kier molecular flexibility index (Phi) is 10.7. The van der Waals surface area contributed by atoms with E-state index in [-0.39, 0.29) is 36.1 Å². The van der Waals surface area contributed by atoms with Crippen molar-refractivity contribution in [2.45, 2.75) is 145 Å². The first-order chi connectivity index (χ1) is 25.4. The highest BCUT2D eigenvalue weighted by Gasteiger charge is 2.53. The number of nitrogens with one attached hydrogen (secondary N) is 3. The van der Waals surface area contributed by atoms with Gasteiger partial charge in [-0.15, -0.1) is 0 Å². The van der Waals surface area contributed by atoms with Crippen LogP contribution in [0.2, 0.25) is 0 Å². The second-order valence-corrected chi connectivity index (χ2v) is 18.0. The molecule has 5 aliphatic rings. The standard InChI is InChI=1S/C41H55N5O6S/c1-5-6-7-8-9-12-26(2)33(37(49)45-53-40(4)21-22-40)44-36(48)31-23-41(25-46(31)32(47)24-42-38(50)52-39(3)19-20-39)18-17-29-28-13-10-11-14-30(28)43-34(27-15-16-27)35(29)51-41/h9-14,26-27,31,33H,5-8,15-25H2,1-4H3,(H,42,50)(H,44,48)(H,45,49)/b12-9-/t26-,31?,33?,41?/m0/s1. The van der Waals surface area contributed by atoms with E-state index in [4.69, 9.17) is 14.5 Å². The third-order valence-corrected chi connectivity index (χ3v) is 12.9. The van der Waals surface area contributed by atoms with E-state index in [1.165, 1.54) is 16.8 Å². The van der Waals surface area contributed by atoms with Crippen LogP contribution in [0.15, 0.2) is 36.4 Å². The number of pyridine rings is 1. The van der Waals surface area contributed by atoms with E-state index < -0.39 is 41.2 Å². The summed E-state index contributed by atoms with van der Waals surface area (Å²) >= 11 is 1.42. The van der Waals surface area contributed by atoms with Crippen LogP contribution in [0.25, 0.3) is 10.9 Å². The molecule has 1 spiro atoms. The van der Waals surface area contributed by atoms with E-state index in [9.17, 15) is 19.2 Å². The van der Waals surface area contributed by atoms with Gasteiger partial charge in [0.1, 0.15) is 35.6 Å². The summed E-state index contributed by atoms with van der Waals surface area (Å²) in [4.78, 5) is 61.4. The highest BCUT2D eigenvalue weighted by atomic mass is 32.2. The van der Waals surface area contributed by atoms with Gasteiger partial charge in [-0.05, 0) is 96.1 Å². The van der Waals surface area contributed by atoms with Gasteiger partial charge in [0.05, 0.1) is 17.8 Å². The summed E-state index contributed by atoms with van der Waals surface area (Å²) in [6, 6.07) is 6.39. The van der Waals surface area contributed by atoms with E-state index in [1.807, 2.05) is 38.1 Å². The minimum Gasteiger partial charge on any atom is -0.483 e. The molecule has 4 fully saturated rings. The fourth-order valence-electron chi connectivity index (χ4n) is 7.52. The van der Waals surface area contributed by atoms with Crippen molar-refractivity contribution in [3.05, 3.63) is 47.7 Å². The number of aryl methyl sites for hydroxylation is 1. The van der Waals surface area contributed by atoms with Crippen LogP contribution < -0.4 is 20.1 Å². The lowest BCUT2D eigenvalue weighted by Gasteiger charge is -2.37. The van der Waals surface area contributed by atoms with Crippen LogP contribution in [-0.2, 0) is 25.5 Å². The van der Waals surface area contributed by atoms with Crippen molar-refractivity contribution in [2.75, 3.05) is 13.1 Å². The van der Waals surface area contributed by atoms with E-state index in [0.29, 0.717) is 12.3 Å². The van der Waals surface area contributed by atoms with Crippen LogP contribution >= 0.6 is 11.9 Å². The van der Waals surface area contributed by atoms with Crippen LogP contribution in [0, 0.1) is 5.92 Å². The summed E-state index contributed by atoms with van der Waals surface area (Å²) in [7, 11) is 0. The molecule has 0 radical (unpaired) electrons. The van der Waals surface area contributed by atoms with Gasteiger partial charge in [-0.25, -0.2) is 9.78 Å². The molecular weight excluding hydrogens is 691 g/mol. The van der Waals surface area contributed by atoms with Crippen LogP contribution in [0.5, 0.6) is 5.75 Å². The fraction of sp³-hybridized carbons (Fsp3) is 0.634. The quantitative estimate of drug-likeness (QED) is 0.105. The molecule has 1 saturated heterocycles. The average molecular weight is 746 g/mol. The van der Waals surface area contributed by atoms with Crippen molar-refractivity contribution in [1.82, 2.24) is 25.2 Å². The van der Waals surface area contributed by atoms with Gasteiger partial charge >= 0.3 is 6.09 Å². The summed E-state index contributed by atoms with van der Waals surface area (Å²) in [6.07, 6.45) is 15.0. The predicted molar refractivity (Wildman–Crippen MR) is 205 cm³/mol. The Bertz CT molecular complexity index is 1770. The first-order valence-electron chi connectivity index (χ1n) is 19.7. The zero-order valence-electron chi connectivity index (χ0n) is 31.6. The molecule has 2 aliphatic heterocycles. The topological polar surface area (TPSA) is 139 Å². The SMILES string of the molecule is CCCCC/C=C\[C@H](C)C(NC(=O)C1CC2(CCc3c(c(C4CC4)nc4ccccc34)O2)CN1C(=O)CNC(=O)OC1(C)CC1)C(=O)NSC1(C)CC1. The van der Waals surface area contributed by atoms with Crippen molar-refractivity contribution in [3.63, 3.8) is 0 Å². The number of para-hydroxylation sites is 1. The number of alkyl carbamates (subject to hydrolysis) is 1. The van der Waals surface area contributed by atoms with Gasteiger partial charge in [0, 0.05) is 34.0 Å². The maximum absolute atomic E-state index is 14.5. The van der Waals surface area contributed by atoms with Crippen LogP contribution in [0.3, 0.4) is 0 Å². The Balaban J connectivity index is 1.13. The van der Waals surface area contributed by atoms with Gasteiger partial charge in [-0.1, -0.05) is 57.0 Å². The Morgan fingerprint density at radius 3 is 2.58 bits per heavy atom. The van der Waals surface area contributed by atoms with E-state index >= 15 is 0 Å². The Morgan fingerprint density at radius 1 is 1.09 bits per heavy atom. The van der Waals surface area contributed by atoms with Crippen LogP contribution in [0.4, 0.5) is 4.79 Å². The number of fused-ring (bicyclic) bond motifs is 3. The molecule has 12 heteroatoms. The number of hydrogen-bond acceptors (Lipinski definition) is 8. The number of hydrogen-bond donors (Lipinski definition) is 3. The molecule has 3 heterocycles. The van der Waals surface area contributed by atoms with Gasteiger partial charge in [0.2, 0.25) is 11.8 Å². The number of benzene rings is 1. The maximum Gasteiger partial charge on any atom is 0.408 e. The Morgan fingerprint density at radius 2 is 1.87 bits per heavy atom. The van der Waals surface area contributed by atoms with Crippen LogP contribution in [0.1, 0.15) is 122 Å². The van der Waals surface area contributed by atoms with Gasteiger partial charge in [0.25, 0.3) is 5.91 Å². The van der Waals surface area contributed by atoms with Crippen LogP contribution in [-0.4, -0.2) is 74.8 Å².